The van der Waals surface area contributed by atoms with Gasteiger partial charge in [0.25, 0.3) is 0 Å². The Balaban J connectivity index is 3.02. The summed E-state index contributed by atoms with van der Waals surface area (Å²) in [5.74, 6) is -1.04. The molecule has 1 rings (SSSR count). The third kappa shape index (κ3) is 4.03. The second-order valence-electron chi connectivity index (χ2n) is 3.49. The molecule has 0 aliphatic carbocycles. The van der Waals surface area contributed by atoms with Gasteiger partial charge in [-0.1, -0.05) is 11.6 Å². The van der Waals surface area contributed by atoms with E-state index in [2.05, 4.69) is 20.7 Å². The summed E-state index contributed by atoms with van der Waals surface area (Å²) in [6, 6.07) is 1.00. The summed E-state index contributed by atoms with van der Waals surface area (Å²) in [6.07, 6.45) is 0. The van der Waals surface area contributed by atoms with E-state index < -0.39 is 20.7 Å². The van der Waals surface area contributed by atoms with Gasteiger partial charge in [-0.05, 0) is 28.9 Å². The van der Waals surface area contributed by atoms with E-state index in [1.54, 1.807) is 6.92 Å². The molecule has 0 fully saturated rings. The van der Waals surface area contributed by atoms with Gasteiger partial charge in [0.15, 0.2) is 5.82 Å². The molecule has 0 amide bonds. The normalized spacial score (nSPS) is 11.8. The number of benzene rings is 1. The Morgan fingerprint density at radius 1 is 1.58 bits per heavy atom. The van der Waals surface area contributed by atoms with Crippen LogP contribution in [0.15, 0.2) is 15.4 Å². The van der Waals surface area contributed by atoms with Gasteiger partial charge in [0, 0.05) is 13.2 Å². The van der Waals surface area contributed by atoms with Crippen LogP contribution >= 0.6 is 27.5 Å². The Labute approximate surface area is 124 Å². The number of nitrogens with one attached hydrogen (secondary N) is 1. The highest BCUT2D eigenvalue weighted by molar-refractivity contribution is 9.10. The first-order valence-electron chi connectivity index (χ1n) is 5.31. The van der Waals surface area contributed by atoms with Crippen molar-refractivity contribution in [3.05, 3.63) is 21.4 Å². The van der Waals surface area contributed by atoms with Gasteiger partial charge in [-0.2, -0.15) is 0 Å². The first-order chi connectivity index (χ1) is 8.81. The van der Waals surface area contributed by atoms with E-state index >= 15 is 0 Å². The summed E-state index contributed by atoms with van der Waals surface area (Å²) in [7, 11) is -4.02. The molecule has 0 saturated heterocycles. The van der Waals surface area contributed by atoms with Gasteiger partial charge in [-0.25, -0.2) is 17.5 Å². The lowest BCUT2D eigenvalue weighted by Crippen LogP contribution is -2.28. The third-order valence-corrected chi connectivity index (χ3v) is 5.03. The molecule has 0 radical (unpaired) electrons. The number of sulfonamides is 1. The van der Waals surface area contributed by atoms with Gasteiger partial charge >= 0.3 is 0 Å². The quantitative estimate of drug-likeness (QED) is 0.453. The SMILES string of the molecule is CCOCCNS(=O)(=O)c1cc(Cl)c(Br)c(N)c1F. The fourth-order valence-corrected chi connectivity index (χ4v) is 2.96. The van der Waals surface area contributed by atoms with Crippen molar-refractivity contribution in [2.45, 2.75) is 11.8 Å². The van der Waals surface area contributed by atoms with E-state index in [-0.39, 0.29) is 28.3 Å². The van der Waals surface area contributed by atoms with E-state index in [0.29, 0.717) is 6.61 Å². The van der Waals surface area contributed by atoms with Crippen molar-refractivity contribution < 1.29 is 17.5 Å². The zero-order chi connectivity index (χ0) is 14.6. The molecule has 0 aliphatic rings. The average molecular weight is 376 g/mol. The van der Waals surface area contributed by atoms with Gasteiger partial charge in [-0.3, -0.25) is 0 Å². The number of halogens is 3. The predicted octanol–water partition coefficient (Wildman–Crippen LogP) is 2.14. The fraction of sp³-hybridized carbons (Fsp3) is 0.400. The van der Waals surface area contributed by atoms with Crippen LogP contribution in [0.25, 0.3) is 0 Å². The summed E-state index contributed by atoms with van der Waals surface area (Å²) in [6.45, 7) is 2.47. The molecule has 0 heterocycles. The van der Waals surface area contributed by atoms with E-state index in [4.69, 9.17) is 22.1 Å². The van der Waals surface area contributed by atoms with Crippen molar-refractivity contribution in [2.75, 3.05) is 25.5 Å². The molecule has 5 nitrogen and oxygen atoms in total. The van der Waals surface area contributed by atoms with Crippen LogP contribution in [0.5, 0.6) is 0 Å². The number of hydrogen-bond acceptors (Lipinski definition) is 4. The minimum absolute atomic E-state index is 0.0177. The van der Waals surface area contributed by atoms with Crippen LogP contribution in [0.4, 0.5) is 10.1 Å². The number of rotatable bonds is 6. The standard InChI is InChI=1S/C10H13BrClFN2O3S/c1-2-18-4-3-15-19(16,17)7-5-6(12)8(11)10(14)9(7)13/h5,15H,2-4,14H2,1H3. The maximum absolute atomic E-state index is 13.8. The molecule has 19 heavy (non-hydrogen) atoms. The molecule has 0 aromatic heterocycles. The Hall–Kier alpha value is -0.410. The number of ether oxygens (including phenoxy) is 1. The summed E-state index contributed by atoms with van der Waals surface area (Å²) < 4.78 is 45.0. The van der Waals surface area contributed by atoms with E-state index in [9.17, 15) is 12.8 Å². The monoisotopic (exact) mass is 374 g/mol. The minimum atomic E-state index is -4.02. The van der Waals surface area contributed by atoms with Crippen molar-refractivity contribution in [3.8, 4) is 0 Å². The maximum atomic E-state index is 13.8. The Morgan fingerprint density at radius 2 is 2.21 bits per heavy atom. The zero-order valence-corrected chi connectivity index (χ0v) is 13.2. The Morgan fingerprint density at radius 3 is 2.79 bits per heavy atom. The average Bonchev–Trinajstić information content (AvgIpc) is 2.36. The summed E-state index contributed by atoms with van der Waals surface area (Å²) >= 11 is 8.74. The van der Waals surface area contributed by atoms with Gasteiger partial charge in [-0.15, -0.1) is 0 Å². The predicted molar refractivity (Wildman–Crippen MR) is 75.2 cm³/mol. The van der Waals surface area contributed by atoms with Gasteiger partial charge in [0.1, 0.15) is 4.90 Å². The molecule has 1 aromatic carbocycles. The smallest absolute Gasteiger partial charge is 0.243 e. The van der Waals surface area contributed by atoms with E-state index in [1.807, 2.05) is 0 Å². The van der Waals surface area contributed by atoms with Crippen molar-refractivity contribution >= 4 is 43.2 Å². The molecule has 9 heteroatoms. The summed E-state index contributed by atoms with van der Waals surface area (Å²) in [4.78, 5) is -0.588. The van der Waals surface area contributed by atoms with Crippen LogP contribution in [0.1, 0.15) is 6.92 Å². The van der Waals surface area contributed by atoms with Gasteiger partial charge in [0.2, 0.25) is 10.0 Å². The first kappa shape index (κ1) is 16.6. The van der Waals surface area contributed by atoms with Crippen LogP contribution in [-0.4, -0.2) is 28.2 Å². The highest BCUT2D eigenvalue weighted by Gasteiger charge is 2.23. The Bertz CT molecular complexity index is 568. The van der Waals surface area contributed by atoms with Crippen LogP contribution in [0.2, 0.25) is 5.02 Å². The van der Waals surface area contributed by atoms with Crippen molar-refractivity contribution in [3.63, 3.8) is 0 Å². The zero-order valence-electron chi connectivity index (χ0n) is 10.0. The molecule has 0 bridgehead atoms. The van der Waals surface area contributed by atoms with Crippen molar-refractivity contribution in [2.24, 2.45) is 0 Å². The first-order valence-corrected chi connectivity index (χ1v) is 7.97. The van der Waals surface area contributed by atoms with Gasteiger partial charge in [0.05, 0.1) is 21.8 Å². The molecule has 3 N–H and O–H groups in total. The number of anilines is 1. The van der Waals surface area contributed by atoms with Crippen molar-refractivity contribution in [1.82, 2.24) is 4.72 Å². The molecular weight excluding hydrogens is 363 g/mol. The number of hydrogen-bond donors (Lipinski definition) is 2. The molecule has 108 valence electrons. The lowest BCUT2D eigenvalue weighted by atomic mass is 10.3. The molecule has 0 saturated carbocycles. The third-order valence-electron chi connectivity index (χ3n) is 2.19. The van der Waals surface area contributed by atoms with Crippen LogP contribution < -0.4 is 10.5 Å². The van der Waals surface area contributed by atoms with Crippen LogP contribution in [0.3, 0.4) is 0 Å². The Kier molecular flexibility index (Phi) is 6.00. The molecule has 0 unspecified atom stereocenters. The lowest BCUT2D eigenvalue weighted by Gasteiger charge is -2.11. The molecule has 0 aliphatic heterocycles. The van der Waals surface area contributed by atoms with Crippen LogP contribution in [-0.2, 0) is 14.8 Å². The summed E-state index contributed by atoms with van der Waals surface area (Å²) in [5.41, 5.74) is 5.08. The number of nitrogens with two attached hydrogens (primary N) is 1. The topological polar surface area (TPSA) is 81.4 Å². The molecule has 0 atom stereocenters. The lowest BCUT2D eigenvalue weighted by molar-refractivity contribution is 0.153. The molecule has 1 aromatic rings. The number of nitrogen functional groups attached to an aromatic ring is 1. The fourth-order valence-electron chi connectivity index (χ4n) is 1.27. The van der Waals surface area contributed by atoms with E-state index in [0.717, 1.165) is 6.07 Å². The highest BCUT2D eigenvalue weighted by Crippen LogP contribution is 2.34. The summed E-state index contributed by atoms with van der Waals surface area (Å²) in [5, 5.41) is 0.0177. The second kappa shape index (κ2) is 6.85. The molecule has 0 spiro atoms. The largest absolute Gasteiger partial charge is 0.395 e. The second-order valence-corrected chi connectivity index (χ2v) is 6.43. The molecular formula is C10H13BrClFN2O3S. The van der Waals surface area contributed by atoms with Crippen molar-refractivity contribution in [1.29, 1.82) is 0 Å². The van der Waals surface area contributed by atoms with E-state index in [1.165, 1.54) is 0 Å². The van der Waals surface area contributed by atoms with Gasteiger partial charge < -0.3 is 10.5 Å². The van der Waals surface area contributed by atoms with Crippen LogP contribution in [0, 0.1) is 5.82 Å². The highest BCUT2D eigenvalue weighted by atomic mass is 79.9. The minimum Gasteiger partial charge on any atom is -0.395 e. The maximum Gasteiger partial charge on any atom is 0.243 e.